The summed E-state index contributed by atoms with van der Waals surface area (Å²) < 4.78 is 30.7. The number of esters is 1. The lowest BCUT2D eigenvalue weighted by molar-refractivity contribution is -0.141. The van der Waals surface area contributed by atoms with Crippen LogP contribution in [0.1, 0.15) is 24.8 Å². The maximum atomic E-state index is 13.3. The minimum absolute atomic E-state index is 0.164. The Hall–Kier alpha value is -0.750. The van der Waals surface area contributed by atoms with Crippen molar-refractivity contribution in [1.82, 2.24) is 0 Å². The lowest BCUT2D eigenvalue weighted by atomic mass is 10.1. The number of methoxy groups -OCH3 is 1. The van der Waals surface area contributed by atoms with Gasteiger partial charge in [-0.05, 0) is 42.0 Å². The van der Waals surface area contributed by atoms with Gasteiger partial charge in [-0.3, -0.25) is 9.00 Å². The SMILES string of the molecule is COC(=O)CC1(CS(=O)Cc2cc(F)cc(Br)c2)CC1. The van der Waals surface area contributed by atoms with Crippen LogP contribution in [0.2, 0.25) is 0 Å². The van der Waals surface area contributed by atoms with Crippen LogP contribution in [0.5, 0.6) is 0 Å². The van der Waals surface area contributed by atoms with E-state index in [9.17, 15) is 13.4 Å². The van der Waals surface area contributed by atoms with E-state index in [2.05, 4.69) is 20.7 Å². The van der Waals surface area contributed by atoms with Crippen molar-refractivity contribution in [1.29, 1.82) is 0 Å². The van der Waals surface area contributed by atoms with Crippen LogP contribution in [-0.2, 0) is 26.1 Å². The number of hydrogen-bond donors (Lipinski definition) is 0. The summed E-state index contributed by atoms with van der Waals surface area (Å²) in [6.07, 6.45) is 2.13. The summed E-state index contributed by atoms with van der Waals surface area (Å²) in [4.78, 5) is 11.3. The Morgan fingerprint density at radius 3 is 2.70 bits per heavy atom. The van der Waals surface area contributed by atoms with Gasteiger partial charge in [0.05, 0.1) is 13.5 Å². The molecule has 0 saturated heterocycles. The van der Waals surface area contributed by atoms with Gasteiger partial charge in [-0.2, -0.15) is 0 Å². The summed E-state index contributed by atoms with van der Waals surface area (Å²) in [6, 6.07) is 4.52. The molecule has 1 atom stereocenters. The number of halogens is 2. The Labute approximate surface area is 128 Å². The van der Waals surface area contributed by atoms with E-state index in [1.54, 1.807) is 6.07 Å². The highest BCUT2D eigenvalue weighted by Gasteiger charge is 2.45. The number of ether oxygens (including phenoxy) is 1. The first-order valence-electron chi connectivity index (χ1n) is 6.29. The summed E-state index contributed by atoms with van der Waals surface area (Å²) in [6.45, 7) is 0. The number of carbonyl (C=O) groups is 1. The lowest BCUT2D eigenvalue weighted by Crippen LogP contribution is -2.18. The van der Waals surface area contributed by atoms with Crippen molar-refractivity contribution in [3.8, 4) is 0 Å². The third kappa shape index (κ3) is 4.38. The molecule has 0 aliphatic heterocycles. The number of rotatable bonds is 6. The highest BCUT2D eigenvalue weighted by molar-refractivity contribution is 9.10. The third-order valence-corrected chi connectivity index (χ3v) is 5.47. The molecule has 20 heavy (non-hydrogen) atoms. The quantitative estimate of drug-likeness (QED) is 0.730. The van der Waals surface area contributed by atoms with Gasteiger partial charge < -0.3 is 4.74 Å². The van der Waals surface area contributed by atoms with E-state index in [1.165, 1.54) is 19.2 Å². The van der Waals surface area contributed by atoms with E-state index in [1.807, 2.05) is 0 Å². The molecular weight excluding hydrogens is 347 g/mol. The second kappa shape index (κ2) is 6.35. The molecule has 0 amide bonds. The normalized spacial score (nSPS) is 17.6. The van der Waals surface area contributed by atoms with Gasteiger partial charge in [-0.15, -0.1) is 0 Å². The standard InChI is InChI=1S/C14H16BrFO3S/c1-19-13(17)7-14(2-3-14)9-20(18)8-10-4-11(15)6-12(16)5-10/h4-6H,2-3,7-9H2,1H3. The van der Waals surface area contributed by atoms with E-state index in [0.29, 0.717) is 28.0 Å². The average Bonchev–Trinajstić information content (AvgIpc) is 3.06. The third-order valence-electron chi connectivity index (χ3n) is 3.42. The topological polar surface area (TPSA) is 43.4 Å². The van der Waals surface area contributed by atoms with Crippen LogP contribution in [0.4, 0.5) is 4.39 Å². The molecule has 1 aromatic carbocycles. The zero-order valence-corrected chi connectivity index (χ0v) is 13.6. The molecule has 0 aromatic heterocycles. The van der Waals surface area contributed by atoms with Crippen molar-refractivity contribution in [2.75, 3.05) is 12.9 Å². The van der Waals surface area contributed by atoms with Gasteiger partial charge in [0.2, 0.25) is 0 Å². The van der Waals surface area contributed by atoms with Crippen LogP contribution in [0, 0.1) is 11.2 Å². The van der Waals surface area contributed by atoms with Crippen molar-refractivity contribution in [2.24, 2.45) is 5.41 Å². The fourth-order valence-electron chi connectivity index (χ4n) is 2.20. The Morgan fingerprint density at radius 2 is 2.15 bits per heavy atom. The summed E-state index contributed by atoms with van der Waals surface area (Å²) in [5, 5.41) is 0. The first-order valence-corrected chi connectivity index (χ1v) is 8.57. The second-order valence-corrected chi connectivity index (χ2v) is 7.63. The molecule has 2 rings (SSSR count). The van der Waals surface area contributed by atoms with E-state index < -0.39 is 10.8 Å². The Bertz CT molecular complexity index is 523. The molecule has 0 N–H and O–H groups in total. The van der Waals surface area contributed by atoms with Gasteiger partial charge in [-0.1, -0.05) is 15.9 Å². The van der Waals surface area contributed by atoms with E-state index in [0.717, 1.165) is 12.8 Å². The van der Waals surface area contributed by atoms with Crippen molar-refractivity contribution in [2.45, 2.75) is 25.0 Å². The van der Waals surface area contributed by atoms with Gasteiger partial charge in [0.25, 0.3) is 0 Å². The van der Waals surface area contributed by atoms with Crippen LogP contribution in [0.15, 0.2) is 22.7 Å². The molecule has 0 bridgehead atoms. The molecule has 1 fully saturated rings. The largest absolute Gasteiger partial charge is 0.469 e. The van der Waals surface area contributed by atoms with Crippen LogP contribution in [-0.4, -0.2) is 23.0 Å². The lowest BCUT2D eigenvalue weighted by Gasteiger charge is -2.13. The molecule has 1 saturated carbocycles. The van der Waals surface area contributed by atoms with Gasteiger partial charge in [-0.25, -0.2) is 4.39 Å². The van der Waals surface area contributed by atoms with Gasteiger partial charge in [0.15, 0.2) is 0 Å². The number of benzene rings is 1. The predicted molar refractivity (Wildman–Crippen MR) is 79.1 cm³/mol. The minimum Gasteiger partial charge on any atom is -0.469 e. The van der Waals surface area contributed by atoms with Crippen LogP contribution < -0.4 is 0 Å². The van der Waals surface area contributed by atoms with Crippen LogP contribution in [0.3, 0.4) is 0 Å². The Kier molecular flexibility index (Phi) is 4.96. The van der Waals surface area contributed by atoms with Crippen molar-refractivity contribution in [3.63, 3.8) is 0 Å². The molecule has 3 nitrogen and oxygen atoms in total. The molecule has 1 aromatic rings. The minimum atomic E-state index is -1.11. The number of carbonyl (C=O) groups excluding carboxylic acids is 1. The van der Waals surface area contributed by atoms with Gasteiger partial charge in [0.1, 0.15) is 5.82 Å². The fraction of sp³-hybridized carbons (Fsp3) is 0.500. The van der Waals surface area contributed by atoms with Gasteiger partial charge >= 0.3 is 5.97 Å². The zero-order chi connectivity index (χ0) is 14.8. The molecule has 0 heterocycles. The molecule has 110 valence electrons. The first kappa shape index (κ1) is 15.6. The van der Waals surface area contributed by atoms with Gasteiger partial charge in [0, 0.05) is 26.8 Å². The van der Waals surface area contributed by atoms with E-state index in [-0.39, 0.29) is 17.2 Å². The average molecular weight is 363 g/mol. The molecular formula is C14H16BrFO3S. The van der Waals surface area contributed by atoms with E-state index in [4.69, 9.17) is 0 Å². The monoisotopic (exact) mass is 362 g/mol. The Balaban J connectivity index is 1.94. The van der Waals surface area contributed by atoms with Crippen molar-refractivity contribution < 1.29 is 18.1 Å². The molecule has 1 aliphatic rings. The van der Waals surface area contributed by atoms with E-state index >= 15 is 0 Å². The predicted octanol–water partition coefficient (Wildman–Crippen LogP) is 3.18. The molecule has 1 unspecified atom stereocenters. The summed E-state index contributed by atoms with van der Waals surface area (Å²) in [5.41, 5.74) is 0.534. The Morgan fingerprint density at radius 1 is 1.45 bits per heavy atom. The number of hydrogen-bond acceptors (Lipinski definition) is 3. The first-order chi connectivity index (χ1) is 9.42. The van der Waals surface area contributed by atoms with Crippen LogP contribution >= 0.6 is 15.9 Å². The van der Waals surface area contributed by atoms with Crippen molar-refractivity contribution >= 4 is 32.7 Å². The molecule has 0 spiro atoms. The second-order valence-electron chi connectivity index (χ2n) is 5.26. The molecule has 1 aliphatic carbocycles. The van der Waals surface area contributed by atoms with Crippen LogP contribution in [0.25, 0.3) is 0 Å². The summed E-state index contributed by atoms with van der Waals surface area (Å²) in [7, 11) is 0.253. The summed E-state index contributed by atoms with van der Waals surface area (Å²) >= 11 is 3.22. The maximum absolute atomic E-state index is 13.3. The fourth-order valence-corrected chi connectivity index (χ4v) is 4.43. The highest BCUT2D eigenvalue weighted by Crippen LogP contribution is 2.49. The molecule has 6 heteroatoms. The van der Waals surface area contributed by atoms with Crippen molar-refractivity contribution in [3.05, 3.63) is 34.1 Å². The maximum Gasteiger partial charge on any atom is 0.306 e. The smallest absolute Gasteiger partial charge is 0.306 e. The molecule has 0 radical (unpaired) electrons. The summed E-state index contributed by atoms with van der Waals surface area (Å²) in [5.74, 6) is 0.172. The zero-order valence-electron chi connectivity index (χ0n) is 11.2. The highest BCUT2D eigenvalue weighted by atomic mass is 79.9.